The maximum absolute atomic E-state index is 11.0. The van der Waals surface area contributed by atoms with Crippen molar-refractivity contribution in [2.75, 3.05) is 0 Å². The van der Waals surface area contributed by atoms with Crippen molar-refractivity contribution in [3.63, 3.8) is 0 Å². The van der Waals surface area contributed by atoms with Crippen LogP contribution in [0.1, 0.15) is 43.0 Å². The Bertz CT molecular complexity index is 1100. The van der Waals surface area contributed by atoms with Gasteiger partial charge in [-0.1, -0.05) is 97.1 Å². The maximum Gasteiger partial charge on any atom is 0.335 e. The van der Waals surface area contributed by atoms with E-state index in [2.05, 4.69) is 24.3 Å². The van der Waals surface area contributed by atoms with E-state index in [1.54, 1.807) is 24.3 Å². The van der Waals surface area contributed by atoms with Gasteiger partial charge in [0, 0.05) is 0 Å². The van der Waals surface area contributed by atoms with Gasteiger partial charge < -0.3 is 10.2 Å². The van der Waals surface area contributed by atoms with Crippen molar-refractivity contribution in [1.82, 2.24) is 0 Å². The fraction of sp³-hybridized carbons (Fsp3) is 0.133. The van der Waals surface area contributed by atoms with E-state index in [1.165, 1.54) is 11.1 Å². The van der Waals surface area contributed by atoms with Crippen LogP contribution < -0.4 is 0 Å². The Morgan fingerprint density at radius 2 is 0.765 bits per heavy atom. The first-order valence-electron chi connectivity index (χ1n) is 11.2. The smallest absolute Gasteiger partial charge is 0.335 e. The quantitative estimate of drug-likeness (QED) is 0.327. The molecule has 0 atom stereocenters. The Balaban J connectivity index is 0.000000191. The molecule has 0 heterocycles. The molecular formula is C30H28O4. The van der Waals surface area contributed by atoms with Gasteiger partial charge in [-0.3, -0.25) is 0 Å². The van der Waals surface area contributed by atoms with Crippen molar-refractivity contribution in [1.29, 1.82) is 0 Å². The summed E-state index contributed by atoms with van der Waals surface area (Å²) >= 11 is 0. The van der Waals surface area contributed by atoms with Gasteiger partial charge in [-0.15, -0.1) is 0 Å². The number of rotatable bonds is 8. The van der Waals surface area contributed by atoms with Crippen LogP contribution in [0.3, 0.4) is 0 Å². The molecule has 0 aliphatic carbocycles. The number of benzene rings is 4. The van der Waals surface area contributed by atoms with Crippen LogP contribution in [0.4, 0.5) is 0 Å². The van der Waals surface area contributed by atoms with Gasteiger partial charge in [0.15, 0.2) is 0 Å². The average molecular weight is 453 g/mol. The normalized spacial score (nSPS) is 10.1. The Kier molecular flexibility index (Phi) is 9.18. The maximum atomic E-state index is 11.0. The SMILES string of the molecule is O=C(O)c1ccccc1CCc1ccccc1.O=C(O)c1ccccc1CCc1ccccc1. The van der Waals surface area contributed by atoms with E-state index in [9.17, 15) is 9.59 Å². The number of carbonyl (C=O) groups is 2. The summed E-state index contributed by atoms with van der Waals surface area (Å²) in [4.78, 5) is 22.1. The van der Waals surface area contributed by atoms with Gasteiger partial charge in [0.05, 0.1) is 11.1 Å². The Morgan fingerprint density at radius 1 is 0.441 bits per heavy atom. The van der Waals surface area contributed by atoms with Crippen molar-refractivity contribution in [3.8, 4) is 0 Å². The molecule has 0 bridgehead atoms. The predicted octanol–water partition coefficient (Wildman–Crippen LogP) is 6.34. The number of carboxylic acid groups (broad SMARTS) is 2. The van der Waals surface area contributed by atoms with Gasteiger partial charge >= 0.3 is 11.9 Å². The molecule has 2 N–H and O–H groups in total. The van der Waals surface area contributed by atoms with Crippen LogP contribution in [0.25, 0.3) is 0 Å². The highest BCUT2D eigenvalue weighted by Gasteiger charge is 2.09. The molecule has 0 aliphatic heterocycles. The molecule has 34 heavy (non-hydrogen) atoms. The zero-order valence-electron chi connectivity index (χ0n) is 18.9. The molecule has 0 aromatic heterocycles. The monoisotopic (exact) mass is 452 g/mol. The lowest BCUT2D eigenvalue weighted by atomic mass is 10.00. The third-order valence-electron chi connectivity index (χ3n) is 5.55. The minimum Gasteiger partial charge on any atom is -0.478 e. The molecule has 0 spiro atoms. The topological polar surface area (TPSA) is 74.6 Å². The lowest BCUT2D eigenvalue weighted by molar-refractivity contribution is 0.0684. The summed E-state index contributed by atoms with van der Waals surface area (Å²) in [6, 6.07) is 34.5. The first-order valence-corrected chi connectivity index (χ1v) is 11.2. The van der Waals surface area contributed by atoms with E-state index in [0.717, 1.165) is 36.8 Å². The summed E-state index contributed by atoms with van der Waals surface area (Å²) in [6.45, 7) is 0. The molecule has 0 amide bonds. The molecule has 4 nitrogen and oxygen atoms in total. The Hall–Kier alpha value is -4.18. The van der Waals surface area contributed by atoms with Gasteiger partial charge in [-0.05, 0) is 60.1 Å². The number of hydrogen-bond acceptors (Lipinski definition) is 2. The van der Waals surface area contributed by atoms with Gasteiger partial charge in [0.25, 0.3) is 0 Å². The first kappa shape index (κ1) is 24.5. The predicted molar refractivity (Wildman–Crippen MR) is 135 cm³/mol. The highest BCUT2D eigenvalue weighted by atomic mass is 16.4. The van der Waals surface area contributed by atoms with Crippen molar-refractivity contribution < 1.29 is 19.8 Å². The summed E-state index contributed by atoms with van der Waals surface area (Å²) in [5.74, 6) is -1.71. The molecule has 4 aromatic rings. The Labute approximate surface area is 200 Å². The molecule has 4 rings (SSSR count). The van der Waals surface area contributed by atoms with Crippen LogP contribution in [0.2, 0.25) is 0 Å². The zero-order valence-corrected chi connectivity index (χ0v) is 18.9. The molecule has 0 radical (unpaired) electrons. The van der Waals surface area contributed by atoms with Crippen molar-refractivity contribution >= 4 is 11.9 Å². The molecule has 0 unspecified atom stereocenters. The molecule has 0 saturated carbocycles. The van der Waals surface area contributed by atoms with Crippen LogP contribution >= 0.6 is 0 Å². The molecule has 4 aromatic carbocycles. The van der Waals surface area contributed by atoms with E-state index in [1.807, 2.05) is 60.7 Å². The third kappa shape index (κ3) is 7.45. The third-order valence-corrected chi connectivity index (χ3v) is 5.55. The second kappa shape index (κ2) is 12.8. The number of hydrogen-bond donors (Lipinski definition) is 2. The first-order chi connectivity index (χ1) is 16.5. The standard InChI is InChI=1S/2C15H14O2/c2*16-15(17)14-9-5-4-8-13(14)11-10-12-6-2-1-3-7-12/h2*1-9H,10-11H2,(H,16,17). The van der Waals surface area contributed by atoms with E-state index in [-0.39, 0.29) is 0 Å². The highest BCUT2D eigenvalue weighted by Crippen LogP contribution is 2.13. The van der Waals surface area contributed by atoms with Crippen LogP contribution in [0, 0.1) is 0 Å². The average Bonchev–Trinajstić information content (AvgIpc) is 2.88. The van der Waals surface area contributed by atoms with Gasteiger partial charge in [0.2, 0.25) is 0 Å². The summed E-state index contributed by atoms with van der Waals surface area (Å²) < 4.78 is 0. The fourth-order valence-electron chi connectivity index (χ4n) is 3.74. The van der Waals surface area contributed by atoms with Crippen molar-refractivity contribution in [3.05, 3.63) is 143 Å². The van der Waals surface area contributed by atoms with E-state index < -0.39 is 11.9 Å². The van der Waals surface area contributed by atoms with Crippen LogP contribution in [0.5, 0.6) is 0 Å². The second-order valence-corrected chi connectivity index (χ2v) is 7.90. The summed E-state index contributed by atoms with van der Waals surface area (Å²) in [5.41, 5.74) is 5.06. The Morgan fingerprint density at radius 3 is 1.12 bits per heavy atom. The summed E-state index contributed by atoms with van der Waals surface area (Å²) in [6.07, 6.45) is 3.25. The van der Waals surface area contributed by atoms with Crippen LogP contribution in [0.15, 0.2) is 109 Å². The molecule has 0 saturated heterocycles. The van der Waals surface area contributed by atoms with Gasteiger partial charge in [0.1, 0.15) is 0 Å². The van der Waals surface area contributed by atoms with Crippen LogP contribution in [-0.4, -0.2) is 22.2 Å². The highest BCUT2D eigenvalue weighted by molar-refractivity contribution is 5.89. The second-order valence-electron chi connectivity index (χ2n) is 7.90. The molecular weight excluding hydrogens is 424 g/mol. The van der Waals surface area contributed by atoms with E-state index >= 15 is 0 Å². The lowest BCUT2D eigenvalue weighted by Crippen LogP contribution is -2.03. The minimum atomic E-state index is -0.853. The molecule has 172 valence electrons. The number of aromatic carboxylic acids is 2. The van der Waals surface area contributed by atoms with Gasteiger partial charge in [-0.25, -0.2) is 9.59 Å². The zero-order chi connectivity index (χ0) is 24.2. The number of aryl methyl sites for hydroxylation is 4. The largest absolute Gasteiger partial charge is 0.478 e. The van der Waals surface area contributed by atoms with Crippen LogP contribution in [-0.2, 0) is 25.7 Å². The van der Waals surface area contributed by atoms with E-state index in [4.69, 9.17) is 10.2 Å². The molecule has 4 heteroatoms. The molecule has 0 fully saturated rings. The molecule has 0 aliphatic rings. The fourth-order valence-corrected chi connectivity index (χ4v) is 3.74. The summed E-state index contributed by atoms with van der Waals surface area (Å²) in [5, 5.41) is 18.1. The van der Waals surface area contributed by atoms with E-state index in [0.29, 0.717) is 11.1 Å². The number of carboxylic acids is 2. The van der Waals surface area contributed by atoms with Gasteiger partial charge in [-0.2, -0.15) is 0 Å². The van der Waals surface area contributed by atoms with Crippen molar-refractivity contribution in [2.45, 2.75) is 25.7 Å². The summed E-state index contributed by atoms with van der Waals surface area (Å²) in [7, 11) is 0. The lowest BCUT2D eigenvalue weighted by Gasteiger charge is -2.05. The van der Waals surface area contributed by atoms with Crippen molar-refractivity contribution in [2.24, 2.45) is 0 Å². The minimum absolute atomic E-state index is 0.406.